The number of aliphatic hydroxyl groups excluding tert-OH is 1. The second kappa shape index (κ2) is 5.33. The number of aliphatic hydroxyl groups is 1. The molecule has 0 radical (unpaired) electrons. The van der Waals surface area contributed by atoms with E-state index in [0.717, 1.165) is 42.9 Å². The van der Waals surface area contributed by atoms with Crippen molar-refractivity contribution in [2.75, 3.05) is 0 Å². The molecule has 2 heteroatoms. The number of fused-ring (bicyclic) bond motifs is 5. The monoisotopic (exact) mass is 304 g/mol. The van der Waals surface area contributed by atoms with Crippen molar-refractivity contribution in [3.63, 3.8) is 0 Å². The summed E-state index contributed by atoms with van der Waals surface area (Å²) >= 11 is 0. The molecule has 4 aliphatic carbocycles. The van der Waals surface area contributed by atoms with Crippen LogP contribution < -0.4 is 0 Å². The van der Waals surface area contributed by atoms with Gasteiger partial charge in [0.25, 0.3) is 0 Å². The normalized spacial score (nSPS) is 54.2. The van der Waals surface area contributed by atoms with Crippen molar-refractivity contribution in [3.8, 4) is 0 Å². The van der Waals surface area contributed by atoms with Crippen molar-refractivity contribution in [1.82, 2.24) is 0 Å². The first-order valence-corrected chi connectivity index (χ1v) is 9.69. The first-order valence-electron chi connectivity index (χ1n) is 9.69. The molecule has 0 spiro atoms. The number of carbonyl (C=O) groups is 1. The van der Waals surface area contributed by atoms with Crippen LogP contribution in [0.5, 0.6) is 0 Å². The zero-order chi connectivity index (χ0) is 15.5. The van der Waals surface area contributed by atoms with Gasteiger partial charge in [0.05, 0.1) is 6.10 Å². The van der Waals surface area contributed by atoms with Crippen LogP contribution in [0.4, 0.5) is 0 Å². The molecule has 1 N–H and O–H groups in total. The molecule has 0 heterocycles. The smallest absolute Gasteiger partial charge is 0.133 e. The summed E-state index contributed by atoms with van der Waals surface area (Å²) in [5.41, 5.74) is 0.474. The van der Waals surface area contributed by atoms with Crippen molar-refractivity contribution < 1.29 is 9.90 Å². The van der Waals surface area contributed by atoms with E-state index < -0.39 is 0 Å². The van der Waals surface area contributed by atoms with Gasteiger partial charge in [0, 0.05) is 5.92 Å². The Kier molecular flexibility index (Phi) is 3.67. The standard InChI is InChI=1S/C20H32O2/c1-12(21)15-5-6-17-16(15)7-8-19-18(17)4-3-13-11-14(22)9-10-20(13,19)2/h13-19,22H,3-11H2,1-2H3. The van der Waals surface area contributed by atoms with E-state index in [1.807, 2.05) is 6.92 Å². The highest BCUT2D eigenvalue weighted by atomic mass is 16.3. The number of ketones is 1. The molecule has 0 aromatic heterocycles. The molecule has 4 saturated carbocycles. The van der Waals surface area contributed by atoms with Gasteiger partial charge >= 0.3 is 0 Å². The van der Waals surface area contributed by atoms with Crippen LogP contribution in [0.15, 0.2) is 0 Å². The molecule has 4 rings (SSSR count). The van der Waals surface area contributed by atoms with Gasteiger partial charge in [-0.2, -0.15) is 0 Å². The average Bonchev–Trinajstić information content (AvgIpc) is 2.92. The second-order valence-electron chi connectivity index (χ2n) is 9.18. The average molecular weight is 304 g/mol. The molecular weight excluding hydrogens is 272 g/mol. The predicted octanol–water partition coefficient (Wildman–Crippen LogP) is 4.21. The maximum Gasteiger partial charge on any atom is 0.133 e. The summed E-state index contributed by atoms with van der Waals surface area (Å²) in [7, 11) is 0. The maximum atomic E-state index is 12.0. The number of hydrogen-bond acceptors (Lipinski definition) is 2. The van der Waals surface area contributed by atoms with Crippen molar-refractivity contribution in [2.45, 2.75) is 77.7 Å². The Morgan fingerprint density at radius 3 is 2.45 bits per heavy atom. The van der Waals surface area contributed by atoms with E-state index >= 15 is 0 Å². The van der Waals surface area contributed by atoms with E-state index in [4.69, 9.17) is 0 Å². The van der Waals surface area contributed by atoms with Crippen LogP contribution in [0.3, 0.4) is 0 Å². The predicted molar refractivity (Wildman–Crippen MR) is 87.3 cm³/mol. The fourth-order valence-electron chi connectivity index (χ4n) is 7.40. The molecular formula is C20H32O2. The molecule has 8 unspecified atom stereocenters. The van der Waals surface area contributed by atoms with Crippen molar-refractivity contribution >= 4 is 5.78 Å². The van der Waals surface area contributed by atoms with Crippen molar-refractivity contribution in [2.24, 2.45) is 40.9 Å². The van der Waals surface area contributed by atoms with Gasteiger partial charge in [0.1, 0.15) is 5.78 Å². The van der Waals surface area contributed by atoms with Gasteiger partial charge in [-0.3, -0.25) is 4.79 Å². The summed E-state index contributed by atoms with van der Waals surface area (Å²) in [6.07, 6.45) is 11.0. The van der Waals surface area contributed by atoms with E-state index in [9.17, 15) is 9.90 Å². The first-order chi connectivity index (χ1) is 10.5. The minimum Gasteiger partial charge on any atom is -0.393 e. The minimum absolute atomic E-state index is 0.0421. The Labute approximate surface area is 135 Å². The molecule has 0 amide bonds. The largest absolute Gasteiger partial charge is 0.393 e. The van der Waals surface area contributed by atoms with Gasteiger partial charge in [0.15, 0.2) is 0 Å². The maximum absolute atomic E-state index is 12.0. The molecule has 124 valence electrons. The lowest BCUT2D eigenvalue weighted by molar-refractivity contribution is -0.126. The fourth-order valence-corrected chi connectivity index (χ4v) is 7.40. The van der Waals surface area contributed by atoms with E-state index in [0.29, 0.717) is 23.0 Å². The number of Topliss-reactive ketones (excluding diaryl/α,β-unsaturated/α-hetero) is 1. The number of hydrogen-bond donors (Lipinski definition) is 1. The van der Waals surface area contributed by atoms with E-state index in [1.165, 1.54) is 38.5 Å². The molecule has 22 heavy (non-hydrogen) atoms. The van der Waals surface area contributed by atoms with Gasteiger partial charge in [0.2, 0.25) is 0 Å². The third-order valence-corrected chi connectivity index (χ3v) is 8.48. The number of carbonyl (C=O) groups excluding carboxylic acids is 1. The minimum atomic E-state index is -0.0421. The van der Waals surface area contributed by atoms with Crippen LogP contribution >= 0.6 is 0 Å². The van der Waals surface area contributed by atoms with E-state index in [2.05, 4.69) is 6.92 Å². The van der Waals surface area contributed by atoms with Crippen LogP contribution in [-0.4, -0.2) is 17.0 Å². The SMILES string of the molecule is CC(=O)C1CCC2C1CCC1C2CCC2CC(O)CCC21C. The lowest BCUT2D eigenvalue weighted by Crippen LogP contribution is -2.52. The Morgan fingerprint density at radius 1 is 0.955 bits per heavy atom. The summed E-state index contributed by atoms with van der Waals surface area (Å²) in [5.74, 6) is 4.85. The van der Waals surface area contributed by atoms with Crippen LogP contribution in [-0.2, 0) is 4.79 Å². The molecule has 4 aliphatic rings. The Morgan fingerprint density at radius 2 is 1.68 bits per heavy atom. The van der Waals surface area contributed by atoms with Crippen LogP contribution in [0, 0.1) is 40.9 Å². The first kappa shape index (κ1) is 15.2. The highest BCUT2D eigenvalue weighted by molar-refractivity contribution is 5.79. The molecule has 0 aromatic rings. The van der Waals surface area contributed by atoms with Crippen LogP contribution in [0.1, 0.15) is 71.6 Å². The van der Waals surface area contributed by atoms with Crippen LogP contribution in [0.2, 0.25) is 0 Å². The van der Waals surface area contributed by atoms with E-state index in [-0.39, 0.29) is 6.10 Å². The Hall–Kier alpha value is -0.370. The molecule has 0 aromatic carbocycles. The summed E-state index contributed by atoms with van der Waals surface area (Å²) in [6, 6.07) is 0. The molecule has 0 aliphatic heterocycles. The van der Waals surface area contributed by atoms with Gasteiger partial charge < -0.3 is 5.11 Å². The topological polar surface area (TPSA) is 37.3 Å². The lowest BCUT2D eigenvalue weighted by Gasteiger charge is -2.58. The highest BCUT2D eigenvalue weighted by Crippen LogP contribution is 2.63. The van der Waals surface area contributed by atoms with Gasteiger partial charge in [-0.1, -0.05) is 6.92 Å². The Bertz CT molecular complexity index is 459. The second-order valence-corrected chi connectivity index (χ2v) is 9.18. The third kappa shape index (κ3) is 2.12. The summed E-state index contributed by atoms with van der Waals surface area (Å²) in [5, 5.41) is 10.1. The van der Waals surface area contributed by atoms with Gasteiger partial charge in [-0.15, -0.1) is 0 Å². The van der Waals surface area contributed by atoms with Crippen molar-refractivity contribution in [3.05, 3.63) is 0 Å². The summed E-state index contributed by atoms with van der Waals surface area (Å²) in [4.78, 5) is 12.0. The molecule has 0 saturated heterocycles. The van der Waals surface area contributed by atoms with Crippen molar-refractivity contribution in [1.29, 1.82) is 0 Å². The zero-order valence-corrected chi connectivity index (χ0v) is 14.3. The number of rotatable bonds is 1. The van der Waals surface area contributed by atoms with E-state index in [1.54, 1.807) is 0 Å². The van der Waals surface area contributed by atoms with Gasteiger partial charge in [-0.25, -0.2) is 0 Å². The molecule has 4 fully saturated rings. The molecule has 0 bridgehead atoms. The quantitative estimate of drug-likeness (QED) is 0.788. The molecule has 8 atom stereocenters. The van der Waals surface area contributed by atoms with Gasteiger partial charge in [-0.05, 0) is 99.7 Å². The lowest BCUT2D eigenvalue weighted by atomic mass is 9.47. The summed E-state index contributed by atoms with van der Waals surface area (Å²) in [6.45, 7) is 4.36. The third-order valence-electron chi connectivity index (χ3n) is 8.48. The fraction of sp³-hybridized carbons (Fsp3) is 0.950. The molecule has 2 nitrogen and oxygen atoms in total. The van der Waals surface area contributed by atoms with Crippen LogP contribution in [0.25, 0.3) is 0 Å². The Balaban J connectivity index is 1.57. The summed E-state index contributed by atoms with van der Waals surface area (Å²) < 4.78 is 0. The highest BCUT2D eigenvalue weighted by Gasteiger charge is 2.56. The zero-order valence-electron chi connectivity index (χ0n) is 14.3.